The third kappa shape index (κ3) is 2.78. The maximum Gasteiger partial charge on any atom is 0.161 e. The number of hydrogen-bond acceptors (Lipinski definition) is 3. The Labute approximate surface area is 114 Å². The molecule has 2 atom stereocenters. The van der Waals surface area contributed by atoms with Crippen LogP contribution in [0.25, 0.3) is 0 Å². The Morgan fingerprint density at radius 2 is 2.11 bits per heavy atom. The molecule has 1 aliphatic rings. The van der Waals surface area contributed by atoms with Crippen LogP contribution in [-0.2, 0) is 0 Å². The lowest BCUT2D eigenvalue weighted by Crippen LogP contribution is -2.39. The normalized spacial score (nSPS) is 22.9. The lowest BCUT2D eigenvalue weighted by Gasteiger charge is -2.37. The van der Waals surface area contributed by atoms with E-state index in [1.54, 1.807) is 19.1 Å². The first-order valence-electron chi connectivity index (χ1n) is 6.83. The highest BCUT2D eigenvalue weighted by atomic mass is 16.1. The van der Waals surface area contributed by atoms with E-state index in [0.717, 1.165) is 36.7 Å². The summed E-state index contributed by atoms with van der Waals surface area (Å²) in [5.74, 6) is 1.39. The SMILES string of the molecule is CC(=O)c1ccc(C#N)cc1N1CCC(C)C(C)C1. The number of ketones is 1. The third-order valence-corrected chi connectivity index (χ3v) is 4.18. The van der Waals surface area contributed by atoms with Crippen molar-refractivity contribution in [2.75, 3.05) is 18.0 Å². The Morgan fingerprint density at radius 3 is 2.68 bits per heavy atom. The summed E-state index contributed by atoms with van der Waals surface area (Å²) >= 11 is 0. The molecule has 0 aromatic heterocycles. The number of carbonyl (C=O) groups excluding carboxylic acids is 1. The molecule has 2 rings (SSSR count). The van der Waals surface area contributed by atoms with Crippen molar-refractivity contribution in [3.05, 3.63) is 29.3 Å². The molecular formula is C16H20N2O. The Kier molecular flexibility index (Phi) is 3.90. The van der Waals surface area contributed by atoms with Crippen LogP contribution < -0.4 is 4.90 Å². The van der Waals surface area contributed by atoms with Crippen LogP contribution in [-0.4, -0.2) is 18.9 Å². The van der Waals surface area contributed by atoms with E-state index in [1.807, 2.05) is 6.07 Å². The lowest BCUT2D eigenvalue weighted by atomic mass is 9.88. The molecule has 1 aromatic rings. The third-order valence-electron chi connectivity index (χ3n) is 4.18. The summed E-state index contributed by atoms with van der Waals surface area (Å²) in [4.78, 5) is 14.0. The summed E-state index contributed by atoms with van der Waals surface area (Å²) in [5, 5.41) is 9.03. The van der Waals surface area contributed by atoms with E-state index < -0.39 is 0 Å². The van der Waals surface area contributed by atoms with Crippen molar-refractivity contribution in [1.29, 1.82) is 5.26 Å². The first-order chi connectivity index (χ1) is 9.02. The molecule has 3 nitrogen and oxygen atoms in total. The predicted molar refractivity (Wildman–Crippen MR) is 76.3 cm³/mol. The van der Waals surface area contributed by atoms with E-state index in [9.17, 15) is 4.79 Å². The van der Waals surface area contributed by atoms with E-state index in [0.29, 0.717) is 11.5 Å². The van der Waals surface area contributed by atoms with E-state index >= 15 is 0 Å². The number of anilines is 1. The zero-order valence-electron chi connectivity index (χ0n) is 11.8. The molecule has 1 saturated heterocycles. The summed E-state index contributed by atoms with van der Waals surface area (Å²) < 4.78 is 0. The quantitative estimate of drug-likeness (QED) is 0.763. The molecule has 19 heavy (non-hydrogen) atoms. The Balaban J connectivity index is 2.37. The molecule has 1 aromatic carbocycles. The summed E-state index contributed by atoms with van der Waals surface area (Å²) in [6.45, 7) is 8.02. The molecule has 3 heteroatoms. The van der Waals surface area contributed by atoms with Crippen LogP contribution in [0.4, 0.5) is 5.69 Å². The highest BCUT2D eigenvalue weighted by Gasteiger charge is 2.25. The Morgan fingerprint density at radius 1 is 1.37 bits per heavy atom. The average molecular weight is 256 g/mol. The van der Waals surface area contributed by atoms with Gasteiger partial charge in [-0.05, 0) is 43.4 Å². The van der Waals surface area contributed by atoms with Gasteiger partial charge >= 0.3 is 0 Å². The van der Waals surface area contributed by atoms with Crippen LogP contribution in [0.3, 0.4) is 0 Å². The van der Waals surface area contributed by atoms with E-state index in [2.05, 4.69) is 24.8 Å². The van der Waals surface area contributed by atoms with Crippen molar-refractivity contribution in [2.45, 2.75) is 27.2 Å². The maximum absolute atomic E-state index is 11.7. The molecule has 0 N–H and O–H groups in total. The topological polar surface area (TPSA) is 44.1 Å². The van der Waals surface area contributed by atoms with Gasteiger partial charge in [-0.25, -0.2) is 0 Å². The number of piperidine rings is 1. The first kappa shape index (κ1) is 13.6. The zero-order valence-corrected chi connectivity index (χ0v) is 11.8. The molecule has 0 spiro atoms. The van der Waals surface area contributed by atoms with Crippen molar-refractivity contribution < 1.29 is 4.79 Å². The van der Waals surface area contributed by atoms with Crippen molar-refractivity contribution in [3.8, 4) is 6.07 Å². The second kappa shape index (κ2) is 5.44. The van der Waals surface area contributed by atoms with Crippen LogP contribution in [0, 0.1) is 23.2 Å². The molecule has 1 aliphatic heterocycles. The minimum atomic E-state index is 0.0609. The van der Waals surface area contributed by atoms with Crippen LogP contribution in [0.15, 0.2) is 18.2 Å². The standard InChI is InChI=1S/C16H20N2O/c1-11-6-7-18(10-12(11)2)16-8-14(9-17)4-5-15(16)13(3)19/h4-5,8,11-12H,6-7,10H2,1-3H3. The van der Waals surface area contributed by atoms with Crippen molar-refractivity contribution >= 4 is 11.5 Å². The van der Waals surface area contributed by atoms with Crippen LogP contribution in [0.1, 0.15) is 43.1 Å². The number of nitrogens with zero attached hydrogens (tertiary/aromatic N) is 2. The number of benzene rings is 1. The maximum atomic E-state index is 11.7. The smallest absolute Gasteiger partial charge is 0.161 e. The molecule has 1 heterocycles. The summed E-state index contributed by atoms with van der Waals surface area (Å²) in [7, 11) is 0. The Bertz CT molecular complexity index is 530. The van der Waals surface area contributed by atoms with Crippen molar-refractivity contribution in [2.24, 2.45) is 11.8 Å². The zero-order chi connectivity index (χ0) is 14.0. The highest BCUT2D eigenvalue weighted by Crippen LogP contribution is 2.30. The molecule has 100 valence electrons. The lowest BCUT2D eigenvalue weighted by molar-refractivity contribution is 0.101. The molecule has 0 amide bonds. The fourth-order valence-corrected chi connectivity index (χ4v) is 2.64. The van der Waals surface area contributed by atoms with E-state index in [4.69, 9.17) is 5.26 Å². The fourth-order valence-electron chi connectivity index (χ4n) is 2.64. The summed E-state index contributed by atoms with van der Waals surface area (Å²) in [6.07, 6.45) is 1.13. The van der Waals surface area contributed by atoms with Gasteiger partial charge in [-0.2, -0.15) is 5.26 Å². The van der Waals surface area contributed by atoms with Gasteiger partial charge in [-0.15, -0.1) is 0 Å². The second-order valence-electron chi connectivity index (χ2n) is 5.59. The van der Waals surface area contributed by atoms with Gasteiger partial charge in [0.15, 0.2) is 5.78 Å². The van der Waals surface area contributed by atoms with Gasteiger partial charge in [0.25, 0.3) is 0 Å². The molecule has 0 aliphatic carbocycles. The molecule has 0 radical (unpaired) electrons. The van der Waals surface area contributed by atoms with Crippen LogP contribution in [0.5, 0.6) is 0 Å². The molecule has 2 unspecified atom stereocenters. The largest absolute Gasteiger partial charge is 0.371 e. The van der Waals surface area contributed by atoms with Gasteiger partial charge in [0.05, 0.1) is 11.6 Å². The van der Waals surface area contributed by atoms with Gasteiger partial charge in [-0.1, -0.05) is 13.8 Å². The number of rotatable bonds is 2. The number of carbonyl (C=O) groups is 1. The van der Waals surface area contributed by atoms with Gasteiger partial charge in [0.2, 0.25) is 0 Å². The van der Waals surface area contributed by atoms with Crippen LogP contribution in [0.2, 0.25) is 0 Å². The van der Waals surface area contributed by atoms with E-state index in [1.165, 1.54) is 0 Å². The minimum absolute atomic E-state index is 0.0609. The van der Waals surface area contributed by atoms with Gasteiger partial charge in [-0.3, -0.25) is 4.79 Å². The predicted octanol–water partition coefficient (Wildman–Crippen LogP) is 3.24. The molecular weight excluding hydrogens is 236 g/mol. The highest BCUT2D eigenvalue weighted by molar-refractivity contribution is 6.00. The molecule has 0 saturated carbocycles. The van der Waals surface area contributed by atoms with Gasteiger partial charge in [0.1, 0.15) is 0 Å². The second-order valence-corrected chi connectivity index (χ2v) is 5.59. The number of nitriles is 1. The minimum Gasteiger partial charge on any atom is -0.371 e. The molecule has 1 fully saturated rings. The monoisotopic (exact) mass is 256 g/mol. The Hall–Kier alpha value is -1.82. The van der Waals surface area contributed by atoms with Crippen molar-refractivity contribution in [1.82, 2.24) is 0 Å². The number of hydrogen-bond donors (Lipinski definition) is 0. The van der Waals surface area contributed by atoms with Crippen molar-refractivity contribution in [3.63, 3.8) is 0 Å². The van der Waals surface area contributed by atoms with Crippen LogP contribution >= 0.6 is 0 Å². The summed E-state index contributed by atoms with van der Waals surface area (Å²) in [6, 6.07) is 7.50. The average Bonchev–Trinajstić information content (AvgIpc) is 2.41. The van der Waals surface area contributed by atoms with Gasteiger partial charge in [0, 0.05) is 24.3 Å². The number of Topliss-reactive ketones (excluding diaryl/α,β-unsaturated/α-hetero) is 1. The molecule has 0 bridgehead atoms. The van der Waals surface area contributed by atoms with Gasteiger partial charge < -0.3 is 4.90 Å². The summed E-state index contributed by atoms with van der Waals surface area (Å²) in [5.41, 5.74) is 2.26. The first-order valence-corrected chi connectivity index (χ1v) is 6.83. The fraction of sp³-hybridized carbons (Fsp3) is 0.500. The van der Waals surface area contributed by atoms with E-state index in [-0.39, 0.29) is 5.78 Å².